The van der Waals surface area contributed by atoms with Crippen LogP contribution in [0.2, 0.25) is 0 Å². The molecule has 0 fully saturated rings. The highest BCUT2D eigenvalue weighted by Crippen LogP contribution is 2.27. The molecule has 2 aromatic heterocycles. The van der Waals surface area contributed by atoms with Crippen molar-refractivity contribution in [2.45, 2.75) is 23.9 Å². The second-order valence-electron chi connectivity index (χ2n) is 6.43. The van der Waals surface area contributed by atoms with E-state index in [2.05, 4.69) is 20.9 Å². The zero-order chi connectivity index (χ0) is 19.5. The lowest BCUT2D eigenvalue weighted by Gasteiger charge is -2.20. The predicted molar refractivity (Wildman–Crippen MR) is 118 cm³/mol. The third kappa shape index (κ3) is 3.88. The molecule has 28 heavy (non-hydrogen) atoms. The van der Waals surface area contributed by atoms with Gasteiger partial charge < -0.3 is 0 Å². The molecule has 2 heterocycles. The molecule has 4 rings (SSSR count). The maximum atomic E-state index is 13.4. The van der Waals surface area contributed by atoms with E-state index in [0.29, 0.717) is 21.8 Å². The smallest absolute Gasteiger partial charge is 0.262 e. The number of hydrogen-bond donors (Lipinski definition) is 0. The van der Waals surface area contributed by atoms with Crippen LogP contribution in [0.25, 0.3) is 10.9 Å². The number of halogens is 1. The summed E-state index contributed by atoms with van der Waals surface area (Å²) in [5.41, 5.74) is 2.69. The maximum absolute atomic E-state index is 13.4. The SMILES string of the molecule is CC(c1ccccc1)n1c(SCc2ccccn2)nc2ccc(Br)cc2c1=O. The van der Waals surface area contributed by atoms with Crippen LogP contribution < -0.4 is 5.56 Å². The first-order valence-electron chi connectivity index (χ1n) is 8.93. The fourth-order valence-electron chi connectivity index (χ4n) is 3.10. The summed E-state index contributed by atoms with van der Waals surface area (Å²) in [6.07, 6.45) is 1.78. The van der Waals surface area contributed by atoms with Crippen molar-refractivity contribution < 1.29 is 0 Å². The van der Waals surface area contributed by atoms with Crippen LogP contribution in [0.1, 0.15) is 24.2 Å². The van der Waals surface area contributed by atoms with Gasteiger partial charge in [-0.25, -0.2) is 4.98 Å². The first kappa shape index (κ1) is 18.9. The summed E-state index contributed by atoms with van der Waals surface area (Å²) in [4.78, 5) is 22.6. The highest BCUT2D eigenvalue weighted by atomic mass is 79.9. The van der Waals surface area contributed by atoms with Crippen LogP contribution >= 0.6 is 27.7 Å². The third-order valence-corrected chi connectivity index (χ3v) is 6.05. The number of nitrogens with zero attached hydrogens (tertiary/aromatic N) is 3. The van der Waals surface area contributed by atoms with Crippen LogP contribution in [0.5, 0.6) is 0 Å². The summed E-state index contributed by atoms with van der Waals surface area (Å²) in [6.45, 7) is 2.03. The molecule has 0 saturated carbocycles. The molecule has 0 amide bonds. The third-order valence-electron chi connectivity index (χ3n) is 4.57. The summed E-state index contributed by atoms with van der Waals surface area (Å²) in [6, 6.07) is 21.4. The molecule has 6 heteroatoms. The Hall–Kier alpha value is -2.44. The molecular formula is C22H18BrN3OS. The predicted octanol–water partition coefficient (Wildman–Crippen LogP) is 5.46. The van der Waals surface area contributed by atoms with E-state index in [1.165, 1.54) is 11.8 Å². The lowest BCUT2D eigenvalue weighted by Crippen LogP contribution is -2.27. The minimum Gasteiger partial charge on any atom is -0.280 e. The summed E-state index contributed by atoms with van der Waals surface area (Å²) < 4.78 is 2.66. The molecule has 2 aromatic carbocycles. The maximum Gasteiger partial charge on any atom is 0.262 e. The summed E-state index contributed by atoms with van der Waals surface area (Å²) in [5.74, 6) is 0.650. The van der Waals surface area contributed by atoms with Crippen molar-refractivity contribution in [1.82, 2.24) is 14.5 Å². The largest absolute Gasteiger partial charge is 0.280 e. The van der Waals surface area contributed by atoms with Crippen LogP contribution in [-0.4, -0.2) is 14.5 Å². The van der Waals surface area contributed by atoms with Crippen molar-refractivity contribution in [3.63, 3.8) is 0 Å². The van der Waals surface area contributed by atoms with Crippen molar-refractivity contribution in [2.24, 2.45) is 0 Å². The highest BCUT2D eigenvalue weighted by Gasteiger charge is 2.18. The molecule has 1 unspecified atom stereocenters. The van der Waals surface area contributed by atoms with Gasteiger partial charge in [-0.3, -0.25) is 14.3 Å². The number of aromatic nitrogens is 3. The van der Waals surface area contributed by atoms with Gasteiger partial charge >= 0.3 is 0 Å². The monoisotopic (exact) mass is 451 g/mol. The highest BCUT2D eigenvalue weighted by molar-refractivity contribution is 9.10. The van der Waals surface area contributed by atoms with Gasteiger partial charge in [0.2, 0.25) is 0 Å². The van der Waals surface area contributed by atoms with Gasteiger partial charge in [-0.15, -0.1) is 0 Å². The van der Waals surface area contributed by atoms with Gasteiger partial charge in [0.25, 0.3) is 5.56 Å². The van der Waals surface area contributed by atoms with E-state index in [9.17, 15) is 4.79 Å². The fourth-order valence-corrected chi connectivity index (χ4v) is 4.45. The number of benzene rings is 2. The van der Waals surface area contributed by atoms with E-state index in [-0.39, 0.29) is 11.6 Å². The normalized spacial score (nSPS) is 12.2. The number of rotatable bonds is 5. The zero-order valence-electron chi connectivity index (χ0n) is 15.2. The van der Waals surface area contributed by atoms with E-state index in [4.69, 9.17) is 4.98 Å². The van der Waals surface area contributed by atoms with E-state index in [1.807, 2.05) is 73.7 Å². The lowest BCUT2D eigenvalue weighted by atomic mass is 10.1. The van der Waals surface area contributed by atoms with Gasteiger partial charge in [-0.2, -0.15) is 0 Å². The van der Waals surface area contributed by atoms with E-state index < -0.39 is 0 Å². The van der Waals surface area contributed by atoms with Crippen LogP contribution in [0.4, 0.5) is 0 Å². The van der Waals surface area contributed by atoms with Crippen molar-refractivity contribution in [3.05, 3.63) is 99.0 Å². The Morgan fingerprint density at radius 1 is 1.07 bits per heavy atom. The number of fused-ring (bicyclic) bond motifs is 1. The first-order chi connectivity index (χ1) is 13.6. The van der Waals surface area contributed by atoms with E-state index in [0.717, 1.165) is 15.7 Å². The minimum atomic E-state index is -0.129. The van der Waals surface area contributed by atoms with Crippen LogP contribution in [0, 0.1) is 0 Å². The second-order valence-corrected chi connectivity index (χ2v) is 8.29. The average Bonchev–Trinajstić information content (AvgIpc) is 2.74. The molecule has 1 atom stereocenters. The standard InChI is InChI=1S/C22H18BrN3OS/c1-15(16-7-3-2-4-8-16)26-21(27)19-13-17(23)10-11-20(19)25-22(26)28-14-18-9-5-6-12-24-18/h2-13,15H,14H2,1H3. The molecule has 0 radical (unpaired) electrons. The van der Waals surface area contributed by atoms with Crippen molar-refractivity contribution in [1.29, 1.82) is 0 Å². The summed E-state index contributed by atoms with van der Waals surface area (Å²) in [7, 11) is 0. The van der Waals surface area contributed by atoms with Crippen LogP contribution in [0.3, 0.4) is 0 Å². The Balaban J connectivity index is 1.84. The summed E-state index contributed by atoms with van der Waals surface area (Å²) in [5, 5.41) is 1.31. The Bertz CT molecular complexity index is 1160. The van der Waals surface area contributed by atoms with Crippen LogP contribution in [-0.2, 0) is 5.75 Å². The quantitative estimate of drug-likeness (QED) is 0.298. The Morgan fingerprint density at radius 2 is 1.86 bits per heavy atom. The summed E-state index contributed by atoms with van der Waals surface area (Å²) >= 11 is 5.00. The molecular weight excluding hydrogens is 434 g/mol. The van der Waals surface area contributed by atoms with Crippen molar-refractivity contribution in [2.75, 3.05) is 0 Å². The molecule has 0 saturated heterocycles. The Labute approximate surface area is 175 Å². The molecule has 0 aliphatic heterocycles. The minimum absolute atomic E-state index is 0.0360. The van der Waals surface area contributed by atoms with Gasteiger partial charge in [-0.05, 0) is 42.8 Å². The van der Waals surface area contributed by atoms with Gasteiger partial charge in [0.05, 0.1) is 22.6 Å². The Kier molecular flexibility index (Phi) is 5.59. The topological polar surface area (TPSA) is 47.8 Å². The average molecular weight is 452 g/mol. The second kappa shape index (κ2) is 8.29. The molecule has 0 aliphatic rings. The molecule has 140 valence electrons. The van der Waals surface area contributed by atoms with Crippen molar-refractivity contribution in [3.8, 4) is 0 Å². The molecule has 0 N–H and O–H groups in total. The molecule has 4 nitrogen and oxygen atoms in total. The van der Waals surface area contributed by atoms with Crippen molar-refractivity contribution >= 4 is 38.6 Å². The van der Waals surface area contributed by atoms with Gasteiger partial charge in [-0.1, -0.05) is 64.1 Å². The number of pyridine rings is 1. The molecule has 0 aliphatic carbocycles. The Morgan fingerprint density at radius 3 is 2.61 bits per heavy atom. The molecule has 0 bridgehead atoms. The molecule has 0 spiro atoms. The molecule has 4 aromatic rings. The first-order valence-corrected chi connectivity index (χ1v) is 10.7. The number of thioether (sulfide) groups is 1. The lowest BCUT2D eigenvalue weighted by molar-refractivity contribution is 0.548. The van der Waals surface area contributed by atoms with Gasteiger partial charge in [0.1, 0.15) is 0 Å². The zero-order valence-corrected chi connectivity index (χ0v) is 17.7. The van der Waals surface area contributed by atoms with Gasteiger partial charge in [0.15, 0.2) is 5.16 Å². The number of hydrogen-bond acceptors (Lipinski definition) is 4. The fraction of sp³-hybridized carbons (Fsp3) is 0.136. The van der Waals surface area contributed by atoms with E-state index >= 15 is 0 Å². The van der Waals surface area contributed by atoms with E-state index in [1.54, 1.807) is 10.8 Å². The van der Waals surface area contributed by atoms with Crippen LogP contribution in [0.15, 0.2) is 87.4 Å². The van der Waals surface area contributed by atoms with Gasteiger partial charge in [0, 0.05) is 16.4 Å².